The Hall–Kier alpha value is -0.820. The van der Waals surface area contributed by atoms with E-state index in [4.69, 9.17) is 0 Å². The monoisotopic (exact) mass is 217 g/mol. The van der Waals surface area contributed by atoms with Crippen molar-refractivity contribution in [2.45, 2.75) is 40.2 Å². The molecule has 1 atom stereocenters. The maximum absolute atomic E-state index is 3.58. The van der Waals surface area contributed by atoms with Gasteiger partial charge in [-0.3, -0.25) is 0 Å². The molecule has 1 aliphatic carbocycles. The summed E-state index contributed by atoms with van der Waals surface area (Å²) in [6.45, 7) is 8.88. The van der Waals surface area contributed by atoms with E-state index in [1.807, 2.05) is 0 Å². The number of nitrogens with one attached hydrogen (secondary N) is 1. The molecule has 0 radical (unpaired) electrons. The molecule has 0 saturated heterocycles. The topological polar surface area (TPSA) is 12.0 Å². The molecule has 1 unspecified atom stereocenters. The van der Waals surface area contributed by atoms with E-state index in [0.29, 0.717) is 0 Å². The van der Waals surface area contributed by atoms with Crippen molar-refractivity contribution in [1.82, 2.24) is 5.32 Å². The zero-order valence-corrected chi connectivity index (χ0v) is 10.7. The highest BCUT2D eigenvalue weighted by molar-refractivity contribution is 5.28. The van der Waals surface area contributed by atoms with Crippen LogP contribution in [0.15, 0.2) is 18.2 Å². The first kappa shape index (κ1) is 11.7. The Morgan fingerprint density at radius 1 is 1.19 bits per heavy atom. The van der Waals surface area contributed by atoms with Gasteiger partial charge in [0.15, 0.2) is 0 Å². The Bertz CT molecular complexity index is 332. The minimum absolute atomic E-state index is 0.853. The van der Waals surface area contributed by atoms with Gasteiger partial charge in [0.1, 0.15) is 0 Å². The minimum Gasteiger partial charge on any atom is -0.312 e. The minimum atomic E-state index is 0.853. The molecule has 0 heterocycles. The van der Waals surface area contributed by atoms with Crippen LogP contribution in [0.25, 0.3) is 0 Å². The highest BCUT2D eigenvalue weighted by Gasteiger charge is 2.27. The van der Waals surface area contributed by atoms with Gasteiger partial charge in [-0.1, -0.05) is 36.2 Å². The highest BCUT2D eigenvalue weighted by atomic mass is 14.9. The van der Waals surface area contributed by atoms with Crippen LogP contribution in [0.2, 0.25) is 0 Å². The molecule has 1 aromatic carbocycles. The maximum Gasteiger partial charge on any atom is 0.0205 e. The summed E-state index contributed by atoms with van der Waals surface area (Å²) in [6.07, 6.45) is 2.90. The number of rotatable bonds is 5. The summed E-state index contributed by atoms with van der Waals surface area (Å²) in [5.74, 6) is 1.86. The molecular formula is C15H23N. The average molecular weight is 217 g/mol. The van der Waals surface area contributed by atoms with Gasteiger partial charge in [-0.2, -0.15) is 0 Å². The first-order chi connectivity index (χ1) is 7.65. The van der Waals surface area contributed by atoms with Crippen molar-refractivity contribution in [3.05, 3.63) is 34.9 Å². The molecule has 0 aromatic heterocycles. The molecule has 0 spiro atoms. The summed E-state index contributed by atoms with van der Waals surface area (Å²) < 4.78 is 0. The molecule has 1 N–H and O–H groups in total. The SMILES string of the molecule is Cc1cc(C)cc(CNCC(C)C2CC2)c1. The second-order valence-electron chi connectivity index (χ2n) is 5.44. The van der Waals surface area contributed by atoms with Crippen LogP contribution in [0.1, 0.15) is 36.5 Å². The molecule has 0 amide bonds. The molecule has 1 fully saturated rings. The van der Waals surface area contributed by atoms with Crippen molar-refractivity contribution in [1.29, 1.82) is 0 Å². The Kier molecular flexibility index (Phi) is 3.65. The Labute approximate surface area is 99.3 Å². The number of hydrogen-bond acceptors (Lipinski definition) is 1. The van der Waals surface area contributed by atoms with Gasteiger partial charge in [-0.05, 0) is 50.6 Å². The summed E-state index contributed by atoms with van der Waals surface area (Å²) >= 11 is 0. The first-order valence-electron chi connectivity index (χ1n) is 6.43. The van der Waals surface area contributed by atoms with Gasteiger partial charge in [0.2, 0.25) is 0 Å². The molecule has 88 valence electrons. The van der Waals surface area contributed by atoms with Crippen LogP contribution < -0.4 is 5.32 Å². The molecule has 1 nitrogen and oxygen atoms in total. The lowest BCUT2D eigenvalue weighted by Gasteiger charge is -2.12. The molecule has 16 heavy (non-hydrogen) atoms. The normalized spacial score (nSPS) is 17.4. The predicted molar refractivity (Wildman–Crippen MR) is 69.5 cm³/mol. The zero-order valence-electron chi connectivity index (χ0n) is 10.7. The van der Waals surface area contributed by atoms with Gasteiger partial charge >= 0.3 is 0 Å². The molecule has 1 aliphatic rings. The molecule has 0 bridgehead atoms. The van der Waals surface area contributed by atoms with Crippen LogP contribution in [0.4, 0.5) is 0 Å². The Morgan fingerprint density at radius 2 is 1.81 bits per heavy atom. The third-order valence-corrected chi connectivity index (χ3v) is 3.50. The zero-order chi connectivity index (χ0) is 11.5. The van der Waals surface area contributed by atoms with E-state index in [0.717, 1.165) is 24.9 Å². The van der Waals surface area contributed by atoms with E-state index in [2.05, 4.69) is 44.3 Å². The number of benzene rings is 1. The lowest BCUT2D eigenvalue weighted by molar-refractivity contribution is 0.461. The van der Waals surface area contributed by atoms with Crippen LogP contribution in [0.5, 0.6) is 0 Å². The summed E-state index contributed by atoms with van der Waals surface area (Å²) in [4.78, 5) is 0. The van der Waals surface area contributed by atoms with Crippen LogP contribution in [-0.4, -0.2) is 6.54 Å². The molecule has 1 heteroatoms. The van der Waals surface area contributed by atoms with Crippen molar-refractivity contribution >= 4 is 0 Å². The fourth-order valence-corrected chi connectivity index (χ4v) is 2.45. The van der Waals surface area contributed by atoms with E-state index in [1.54, 1.807) is 0 Å². The van der Waals surface area contributed by atoms with Crippen molar-refractivity contribution in [2.24, 2.45) is 11.8 Å². The second kappa shape index (κ2) is 5.01. The third kappa shape index (κ3) is 3.34. The fourth-order valence-electron chi connectivity index (χ4n) is 2.45. The fraction of sp³-hybridized carbons (Fsp3) is 0.600. The summed E-state index contributed by atoms with van der Waals surface area (Å²) in [5, 5.41) is 3.58. The van der Waals surface area contributed by atoms with Crippen molar-refractivity contribution in [3.8, 4) is 0 Å². The summed E-state index contributed by atoms with van der Waals surface area (Å²) in [5.41, 5.74) is 4.15. The second-order valence-corrected chi connectivity index (χ2v) is 5.44. The van der Waals surface area contributed by atoms with E-state index >= 15 is 0 Å². The number of aryl methyl sites for hydroxylation is 2. The van der Waals surface area contributed by atoms with Gasteiger partial charge in [-0.15, -0.1) is 0 Å². The Balaban J connectivity index is 1.79. The smallest absolute Gasteiger partial charge is 0.0205 e. The molecule has 1 aromatic rings. The summed E-state index contributed by atoms with van der Waals surface area (Å²) in [6, 6.07) is 6.79. The van der Waals surface area contributed by atoms with E-state index in [9.17, 15) is 0 Å². The third-order valence-electron chi connectivity index (χ3n) is 3.50. The Morgan fingerprint density at radius 3 is 2.38 bits per heavy atom. The van der Waals surface area contributed by atoms with E-state index in [1.165, 1.54) is 29.5 Å². The molecule has 2 rings (SSSR count). The molecule has 1 saturated carbocycles. The highest BCUT2D eigenvalue weighted by Crippen LogP contribution is 2.36. The average Bonchev–Trinajstić information content (AvgIpc) is 2.98. The van der Waals surface area contributed by atoms with Crippen molar-refractivity contribution < 1.29 is 0 Å². The van der Waals surface area contributed by atoms with Crippen LogP contribution in [0.3, 0.4) is 0 Å². The lowest BCUT2D eigenvalue weighted by Crippen LogP contribution is -2.21. The van der Waals surface area contributed by atoms with Gasteiger partial charge in [-0.25, -0.2) is 0 Å². The van der Waals surface area contributed by atoms with E-state index < -0.39 is 0 Å². The largest absolute Gasteiger partial charge is 0.312 e. The molecule has 0 aliphatic heterocycles. The van der Waals surface area contributed by atoms with Gasteiger partial charge < -0.3 is 5.32 Å². The predicted octanol–water partition coefficient (Wildman–Crippen LogP) is 3.44. The van der Waals surface area contributed by atoms with Crippen LogP contribution >= 0.6 is 0 Å². The van der Waals surface area contributed by atoms with Crippen molar-refractivity contribution in [2.75, 3.05) is 6.54 Å². The quantitative estimate of drug-likeness (QED) is 0.796. The van der Waals surface area contributed by atoms with Gasteiger partial charge in [0.25, 0.3) is 0 Å². The van der Waals surface area contributed by atoms with Gasteiger partial charge in [0.05, 0.1) is 0 Å². The maximum atomic E-state index is 3.58. The molecular weight excluding hydrogens is 194 g/mol. The van der Waals surface area contributed by atoms with Crippen LogP contribution in [-0.2, 0) is 6.54 Å². The standard InChI is InChI=1S/C15H23N/c1-11-6-12(2)8-14(7-11)10-16-9-13(3)15-4-5-15/h6-8,13,15-16H,4-5,9-10H2,1-3H3. The van der Waals surface area contributed by atoms with E-state index in [-0.39, 0.29) is 0 Å². The lowest BCUT2D eigenvalue weighted by atomic mass is 10.1. The van der Waals surface area contributed by atoms with Gasteiger partial charge in [0, 0.05) is 6.54 Å². The summed E-state index contributed by atoms with van der Waals surface area (Å²) in [7, 11) is 0. The van der Waals surface area contributed by atoms with Crippen molar-refractivity contribution in [3.63, 3.8) is 0 Å². The number of hydrogen-bond donors (Lipinski definition) is 1. The van der Waals surface area contributed by atoms with Crippen LogP contribution in [0, 0.1) is 25.7 Å². The first-order valence-corrected chi connectivity index (χ1v) is 6.43.